The van der Waals surface area contributed by atoms with E-state index in [0.717, 1.165) is 25.9 Å². The molecule has 0 bridgehead atoms. The summed E-state index contributed by atoms with van der Waals surface area (Å²) in [6, 6.07) is 0. The first-order valence-corrected chi connectivity index (χ1v) is 13.0. The number of carboxylic acid groups (broad SMARTS) is 1. The van der Waals surface area contributed by atoms with E-state index in [1.54, 1.807) is 0 Å². The lowest BCUT2D eigenvalue weighted by Gasteiger charge is -2.36. The van der Waals surface area contributed by atoms with Crippen molar-refractivity contribution in [3.8, 4) is 0 Å². The number of carbonyl (C=O) groups is 1. The van der Waals surface area contributed by atoms with Crippen LogP contribution < -0.4 is 0 Å². The van der Waals surface area contributed by atoms with Crippen LogP contribution in [-0.2, 0) is 9.22 Å². The van der Waals surface area contributed by atoms with Crippen molar-refractivity contribution in [3.63, 3.8) is 0 Å². The second kappa shape index (κ2) is 12.9. The van der Waals surface area contributed by atoms with Gasteiger partial charge in [-0.15, -0.1) is 0 Å². The van der Waals surface area contributed by atoms with E-state index in [0.29, 0.717) is 11.5 Å². The van der Waals surface area contributed by atoms with Crippen LogP contribution in [0.1, 0.15) is 91.4 Å². The predicted octanol–water partition coefficient (Wildman–Crippen LogP) is 5.74. The number of aliphatic hydroxyl groups excluding tert-OH is 1. The van der Waals surface area contributed by atoms with Crippen LogP contribution in [0.5, 0.6) is 0 Å². The number of carboxylic acids is 1. The zero-order valence-corrected chi connectivity index (χ0v) is 18.3. The van der Waals surface area contributed by atoms with Crippen molar-refractivity contribution in [2.24, 2.45) is 0 Å². The Kier molecular flexibility index (Phi) is 12.7. The quantitative estimate of drug-likeness (QED) is 0.283. The van der Waals surface area contributed by atoms with Crippen LogP contribution in [0.15, 0.2) is 0 Å². The Morgan fingerprint density at radius 1 is 0.880 bits per heavy atom. The first-order valence-electron chi connectivity index (χ1n) is 10.1. The Hall–Kier alpha value is -0.393. The molecule has 0 saturated heterocycles. The maximum atomic E-state index is 10.5. The molecule has 5 heteroatoms. The Morgan fingerprint density at radius 3 is 1.68 bits per heavy atom. The van der Waals surface area contributed by atoms with Crippen molar-refractivity contribution in [1.82, 2.24) is 0 Å². The molecule has 25 heavy (non-hydrogen) atoms. The van der Waals surface area contributed by atoms with Crippen molar-refractivity contribution in [1.29, 1.82) is 0 Å². The van der Waals surface area contributed by atoms with Gasteiger partial charge < -0.3 is 14.6 Å². The minimum absolute atomic E-state index is 0.304. The van der Waals surface area contributed by atoms with E-state index < -0.39 is 20.4 Å². The minimum Gasteiger partial charge on any atom is -0.479 e. The largest absolute Gasteiger partial charge is 0.479 e. The fraction of sp³-hybridized carbons (Fsp3) is 0.950. The van der Waals surface area contributed by atoms with Gasteiger partial charge in [-0.05, 0) is 31.0 Å². The lowest BCUT2D eigenvalue weighted by atomic mass is 10.0. The topological polar surface area (TPSA) is 66.8 Å². The molecule has 0 aromatic heterocycles. The molecule has 0 saturated carbocycles. The zero-order valence-electron chi connectivity index (χ0n) is 17.3. The number of rotatable bonds is 15. The average Bonchev–Trinajstić information content (AvgIpc) is 2.50. The fourth-order valence-corrected chi connectivity index (χ4v) is 3.61. The summed E-state index contributed by atoms with van der Waals surface area (Å²) in [4.78, 5) is 10.5. The third-order valence-corrected chi connectivity index (χ3v) is 9.96. The highest BCUT2D eigenvalue weighted by molar-refractivity contribution is 6.74. The van der Waals surface area contributed by atoms with Crippen molar-refractivity contribution in [3.05, 3.63) is 0 Å². The highest BCUT2D eigenvalue weighted by atomic mass is 28.4. The third-order valence-electron chi connectivity index (χ3n) is 5.43. The number of aliphatic hydroxyl groups is 1. The zero-order chi connectivity index (χ0) is 19.3. The van der Waals surface area contributed by atoms with Crippen LogP contribution in [0.25, 0.3) is 0 Å². The van der Waals surface area contributed by atoms with Crippen LogP contribution in [0, 0.1) is 0 Å². The smallest absolute Gasteiger partial charge is 0.332 e. The highest BCUT2D eigenvalue weighted by Gasteiger charge is 2.36. The molecule has 0 rings (SSSR count). The molecule has 150 valence electrons. The molecule has 0 heterocycles. The number of hydrogen-bond donors (Lipinski definition) is 2. The van der Waals surface area contributed by atoms with Gasteiger partial charge in [0.25, 0.3) is 0 Å². The van der Waals surface area contributed by atoms with Crippen molar-refractivity contribution in [2.45, 2.75) is 116 Å². The second-order valence-electron chi connectivity index (χ2n) is 8.79. The van der Waals surface area contributed by atoms with E-state index in [2.05, 4.69) is 33.9 Å². The summed E-state index contributed by atoms with van der Waals surface area (Å²) >= 11 is 0. The van der Waals surface area contributed by atoms with Gasteiger partial charge in [-0.25, -0.2) is 4.79 Å². The molecule has 0 radical (unpaired) electrons. The molecule has 0 spiro atoms. The average molecular weight is 375 g/mol. The van der Waals surface area contributed by atoms with Gasteiger partial charge in [0.05, 0.1) is 0 Å². The van der Waals surface area contributed by atoms with E-state index in [4.69, 9.17) is 14.6 Å². The van der Waals surface area contributed by atoms with E-state index in [9.17, 15) is 4.79 Å². The highest BCUT2D eigenvalue weighted by Crippen LogP contribution is 2.36. The first-order chi connectivity index (χ1) is 11.6. The number of hydrogen-bond acceptors (Lipinski definition) is 3. The number of aliphatic carboxylic acids is 1. The van der Waals surface area contributed by atoms with E-state index >= 15 is 0 Å². The van der Waals surface area contributed by atoms with Crippen LogP contribution in [0.2, 0.25) is 18.1 Å². The van der Waals surface area contributed by atoms with E-state index in [1.807, 2.05) is 0 Å². The molecule has 0 aliphatic heterocycles. The van der Waals surface area contributed by atoms with Gasteiger partial charge in [0, 0.05) is 6.61 Å². The minimum atomic E-state index is -1.56. The third kappa shape index (κ3) is 12.6. The maximum absolute atomic E-state index is 10.5. The lowest BCUT2D eigenvalue weighted by molar-refractivity contribution is -0.146. The van der Waals surface area contributed by atoms with Crippen LogP contribution in [0.4, 0.5) is 0 Å². The van der Waals surface area contributed by atoms with Gasteiger partial charge in [0.2, 0.25) is 0 Å². The fourth-order valence-electron chi connectivity index (χ4n) is 2.52. The summed E-state index contributed by atoms with van der Waals surface area (Å²) < 4.78 is 6.19. The summed E-state index contributed by atoms with van der Waals surface area (Å²) in [6.07, 6.45) is 11.0. The van der Waals surface area contributed by atoms with Crippen molar-refractivity contribution < 1.29 is 19.4 Å². The molecular formula is C20H42O4Si. The summed E-state index contributed by atoms with van der Waals surface area (Å²) in [5.41, 5.74) is 0. The molecule has 2 N–H and O–H groups in total. The molecule has 4 nitrogen and oxygen atoms in total. The summed E-state index contributed by atoms with van der Waals surface area (Å²) in [7, 11) is -1.56. The normalized spacial score (nSPS) is 13.8. The monoisotopic (exact) mass is 374 g/mol. The van der Waals surface area contributed by atoms with Gasteiger partial charge in [-0.3, -0.25) is 0 Å². The molecule has 0 amide bonds. The summed E-state index contributed by atoms with van der Waals surface area (Å²) in [5, 5.41) is 18.0. The first kappa shape index (κ1) is 24.6. The molecule has 0 aliphatic carbocycles. The summed E-state index contributed by atoms with van der Waals surface area (Å²) in [5.74, 6) is -1.10. The van der Waals surface area contributed by atoms with Crippen LogP contribution in [-0.4, -0.2) is 37.2 Å². The van der Waals surface area contributed by atoms with Gasteiger partial charge in [0.15, 0.2) is 14.4 Å². The molecule has 0 aliphatic rings. The van der Waals surface area contributed by atoms with Crippen molar-refractivity contribution in [2.75, 3.05) is 6.61 Å². The van der Waals surface area contributed by atoms with E-state index in [-0.39, 0.29) is 0 Å². The Labute approximate surface area is 156 Å². The van der Waals surface area contributed by atoms with Gasteiger partial charge in [-0.1, -0.05) is 78.6 Å². The van der Waals surface area contributed by atoms with Gasteiger partial charge in [-0.2, -0.15) is 0 Å². The molecule has 1 unspecified atom stereocenters. The maximum Gasteiger partial charge on any atom is 0.332 e. The predicted molar refractivity (Wildman–Crippen MR) is 108 cm³/mol. The van der Waals surface area contributed by atoms with Gasteiger partial charge in [0.1, 0.15) is 0 Å². The summed E-state index contributed by atoms with van der Waals surface area (Å²) in [6.45, 7) is 12.4. The molecule has 1 atom stereocenters. The SMILES string of the molecule is CC(C)(C)[Si](C)(C)OCCCCCCCCCCCCC(O)C(=O)O. The Balaban J connectivity index is 3.34. The molecule has 0 fully saturated rings. The van der Waals surface area contributed by atoms with Crippen LogP contribution >= 0.6 is 0 Å². The van der Waals surface area contributed by atoms with Crippen molar-refractivity contribution >= 4 is 14.3 Å². The van der Waals surface area contributed by atoms with Crippen LogP contribution in [0.3, 0.4) is 0 Å². The van der Waals surface area contributed by atoms with Gasteiger partial charge >= 0.3 is 5.97 Å². The molecular weight excluding hydrogens is 332 g/mol. The Morgan fingerprint density at radius 2 is 1.28 bits per heavy atom. The van der Waals surface area contributed by atoms with E-state index in [1.165, 1.54) is 44.9 Å². The Bertz CT molecular complexity index is 350. The molecule has 0 aromatic rings. The lowest BCUT2D eigenvalue weighted by Crippen LogP contribution is -2.40. The molecule has 0 aromatic carbocycles. The second-order valence-corrected chi connectivity index (χ2v) is 13.6. The number of unbranched alkanes of at least 4 members (excludes halogenated alkanes) is 9. The standard InChI is InChI=1S/C20H42O4Si/c1-20(2,3)25(4,5)24-17-15-13-11-9-7-6-8-10-12-14-16-18(21)19(22)23/h18,21H,6-17H2,1-5H3,(H,22,23).